The number of amides is 1. The van der Waals surface area contributed by atoms with Gasteiger partial charge < -0.3 is 19.5 Å². The molecule has 1 N–H and O–H groups in total. The Labute approximate surface area is 151 Å². The molecular formula is C20H21NO5. The largest absolute Gasteiger partial charge is 0.497 e. The lowest BCUT2D eigenvalue weighted by Crippen LogP contribution is -2.45. The van der Waals surface area contributed by atoms with E-state index in [9.17, 15) is 14.7 Å². The highest BCUT2D eigenvalue weighted by Gasteiger charge is 2.71. The molecule has 0 saturated carbocycles. The van der Waals surface area contributed by atoms with Crippen LogP contribution in [0.4, 0.5) is 5.69 Å². The molecule has 26 heavy (non-hydrogen) atoms. The molecule has 4 rings (SSSR count). The number of nitrogens with zero attached hydrogens (tertiary/aromatic N) is 1. The lowest BCUT2D eigenvalue weighted by molar-refractivity contribution is -0.146. The van der Waals surface area contributed by atoms with Crippen molar-refractivity contribution in [3.05, 3.63) is 48.6 Å². The number of anilines is 1. The molecule has 5 atom stereocenters. The van der Waals surface area contributed by atoms with Crippen LogP contribution in [0.5, 0.6) is 5.75 Å². The zero-order valence-electron chi connectivity index (χ0n) is 14.7. The minimum atomic E-state index is -0.999. The second-order valence-electron chi connectivity index (χ2n) is 7.22. The van der Waals surface area contributed by atoms with Crippen molar-refractivity contribution in [3.8, 4) is 5.75 Å². The molecule has 3 heterocycles. The Kier molecular flexibility index (Phi) is 3.70. The maximum Gasteiger partial charge on any atom is 0.310 e. The van der Waals surface area contributed by atoms with Gasteiger partial charge in [-0.15, -0.1) is 6.58 Å². The van der Waals surface area contributed by atoms with Crippen LogP contribution in [-0.4, -0.2) is 41.8 Å². The van der Waals surface area contributed by atoms with E-state index in [1.54, 1.807) is 30.2 Å². The van der Waals surface area contributed by atoms with Gasteiger partial charge in [0.25, 0.3) is 0 Å². The standard InChI is InChI=1S/C20H21NO5/c1-11(2)9-15-20-8-7-14(26-20)16(19(23)24)17(20)18(22)21(15)12-5-4-6-13(10-12)25-3/h4-8,10,14-17H,1,9H2,2-3H3,(H,23,24)/t14-,15-,16-,17-,20-/m1/s1. The van der Waals surface area contributed by atoms with Crippen molar-refractivity contribution in [3.63, 3.8) is 0 Å². The van der Waals surface area contributed by atoms with E-state index in [1.165, 1.54) is 0 Å². The number of carbonyl (C=O) groups excluding carboxylic acids is 1. The summed E-state index contributed by atoms with van der Waals surface area (Å²) in [6, 6.07) is 6.89. The van der Waals surface area contributed by atoms with Crippen LogP contribution in [-0.2, 0) is 14.3 Å². The number of carboxylic acids is 1. The van der Waals surface area contributed by atoms with E-state index in [-0.39, 0.29) is 11.9 Å². The van der Waals surface area contributed by atoms with Crippen molar-refractivity contribution in [1.29, 1.82) is 0 Å². The van der Waals surface area contributed by atoms with Crippen LogP contribution in [0.1, 0.15) is 13.3 Å². The molecule has 1 aromatic rings. The first-order valence-corrected chi connectivity index (χ1v) is 8.60. The molecule has 3 aliphatic rings. The Bertz CT molecular complexity index is 831. The molecule has 6 heteroatoms. The molecule has 6 nitrogen and oxygen atoms in total. The molecule has 0 radical (unpaired) electrons. The molecule has 2 fully saturated rings. The molecule has 136 valence electrons. The molecule has 1 spiro atoms. The second kappa shape index (κ2) is 5.71. The highest BCUT2D eigenvalue weighted by atomic mass is 16.5. The highest BCUT2D eigenvalue weighted by Crippen LogP contribution is 2.56. The minimum absolute atomic E-state index is 0.219. The topological polar surface area (TPSA) is 76.1 Å². The van der Waals surface area contributed by atoms with Crippen LogP contribution in [0, 0.1) is 11.8 Å². The van der Waals surface area contributed by atoms with Crippen molar-refractivity contribution >= 4 is 17.6 Å². The Balaban J connectivity index is 1.84. The molecule has 0 aliphatic carbocycles. The van der Waals surface area contributed by atoms with Gasteiger partial charge in [0.2, 0.25) is 5.91 Å². The van der Waals surface area contributed by atoms with Gasteiger partial charge in [0, 0.05) is 11.8 Å². The first-order chi connectivity index (χ1) is 12.4. The Morgan fingerprint density at radius 2 is 2.23 bits per heavy atom. The molecule has 2 bridgehead atoms. The lowest BCUT2D eigenvalue weighted by Gasteiger charge is -2.33. The number of methoxy groups -OCH3 is 1. The predicted octanol–water partition coefficient (Wildman–Crippen LogP) is 2.40. The number of carboxylic acid groups (broad SMARTS) is 1. The van der Waals surface area contributed by atoms with Gasteiger partial charge >= 0.3 is 5.97 Å². The predicted molar refractivity (Wildman–Crippen MR) is 95.1 cm³/mol. The summed E-state index contributed by atoms with van der Waals surface area (Å²) in [5.74, 6) is -2.18. The van der Waals surface area contributed by atoms with Gasteiger partial charge in [-0.25, -0.2) is 0 Å². The maximum absolute atomic E-state index is 13.4. The van der Waals surface area contributed by atoms with Crippen LogP contribution in [0.15, 0.2) is 48.6 Å². The van der Waals surface area contributed by atoms with Crippen LogP contribution in [0.3, 0.4) is 0 Å². The Morgan fingerprint density at radius 1 is 1.46 bits per heavy atom. The minimum Gasteiger partial charge on any atom is -0.497 e. The molecular weight excluding hydrogens is 334 g/mol. The zero-order chi connectivity index (χ0) is 18.6. The fourth-order valence-corrected chi connectivity index (χ4v) is 4.58. The van der Waals surface area contributed by atoms with Crippen molar-refractivity contribution in [2.24, 2.45) is 11.8 Å². The van der Waals surface area contributed by atoms with E-state index in [0.29, 0.717) is 17.9 Å². The summed E-state index contributed by atoms with van der Waals surface area (Å²) in [4.78, 5) is 26.9. The van der Waals surface area contributed by atoms with E-state index < -0.39 is 29.5 Å². The summed E-state index contributed by atoms with van der Waals surface area (Å²) in [5, 5.41) is 9.68. The van der Waals surface area contributed by atoms with Gasteiger partial charge in [-0.3, -0.25) is 9.59 Å². The van der Waals surface area contributed by atoms with E-state index >= 15 is 0 Å². The van der Waals surface area contributed by atoms with Gasteiger partial charge in [-0.2, -0.15) is 0 Å². The fourth-order valence-electron chi connectivity index (χ4n) is 4.58. The molecule has 2 saturated heterocycles. The van der Waals surface area contributed by atoms with E-state index in [4.69, 9.17) is 9.47 Å². The van der Waals surface area contributed by atoms with Crippen molar-refractivity contribution in [1.82, 2.24) is 0 Å². The van der Waals surface area contributed by atoms with E-state index in [1.807, 2.05) is 25.1 Å². The summed E-state index contributed by atoms with van der Waals surface area (Å²) in [6.45, 7) is 5.89. The van der Waals surface area contributed by atoms with Crippen molar-refractivity contribution in [2.45, 2.75) is 31.1 Å². The number of aliphatic carboxylic acids is 1. The summed E-state index contributed by atoms with van der Waals surface area (Å²) in [5.41, 5.74) is 0.659. The number of benzene rings is 1. The van der Waals surface area contributed by atoms with Gasteiger partial charge in [-0.05, 0) is 25.5 Å². The second-order valence-corrected chi connectivity index (χ2v) is 7.22. The number of ether oxygens (including phenoxy) is 2. The van der Waals surface area contributed by atoms with Gasteiger partial charge in [-0.1, -0.05) is 23.8 Å². The zero-order valence-corrected chi connectivity index (χ0v) is 14.7. The fraction of sp³-hybridized carbons (Fsp3) is 0.400. The third kappa shape index (κ3) is 2.15. The number of hydrogen-bond donors (Lipinski definition) is 1. The molecule has 1 aromatic carbocycles. The third-order valence-electron chi connectivity index (χ3n) is 5.58. The van der Waals surface area contributed by atoms with Crippen LogP contribution >= 0.6 is 0 Å². The summed E-state index contributed by atoms with van der Waals surface area (Å²) < 4.78 is 11.4. The van der Waals surface area contributed by atoms with E-state index in [2.05, 4.69) is 6.58 Å². The van der Waals surface area contributed by atoms with Gasteiger partial charge in [0.15, 0.2) is 0 Å². The quantitative estimate of drug-likeness (QED) is 0.821. The first-order valence-electron chi connectivity index (χ1n) is 8.60. The van der Waals surface area contributed by atoms with Crippen molar-refractivity contribution < 1.29 is 24.2 Å². The summed E-state index contributed by atoms with van der Waals surface area (Å²) >= 11 is 0. The molecule has 0 aromatic heterocycles. The first kappa shape index (κ1) is 16.8. The summed E-state index contributed by atoms with van der Waals surface area (Å²) in [6.07, 6.45) is 3.64. The van der Waals surface area contributed by atoms with Crippen LogP contribution in [0.2, 0.25) is 0 Å². The van der Waals surface area contributed by atoms with Gasteiger partial charge in [0.05, 0.1) is 25.2 Å². The lowest BCUT2D eigenvalue weighted by atomic mass is 9.74. The van der Waals surface area contributed by atoms with Crippen LogP contribution < -0.4 is 9.64 Å². The highest BCUT2D eigenvalue weighted by molar-refractivity contribution is 6.03. The van der Waals surface area contributed by atoms with Crippen molar-refractivity contribution in [2.75, 3.05) is 12.0 Å². The third-order valence-corrected chi connectivity index (χ3v) is 5.58. The maximum atomic E-state index is 13.4. The average molecular weight is 355 g/mol. The average Bonchev–Trinajstić information content (AvgIpc) is 3.24. The van der Waals surface area contributed by atoms with Crippen LogP contribution in [0.25, 0.3) is 0 Å². The smallest absolute Gasteiger partial charge is 0.310 e. The molecule has 0 unspecified atom stereocenters. The molecule has 1 amide bonds. The number of fused-ring (bicyclic) bond motifs is 1. The Hall–Kier alpha value is -2.60. The number of rotatable bonds is 5. The number of hydrogen-bond acceptors (Lipinski definition) is 4. The molecule has 3 aliphatic heterocycles. The normalized spacial score (nSPS) is 34.2. The summed E-state index contributed by atoms with van der Waals surface area (Å²) in [7, 11) is 1.57. The monoisotopic (exact) mass is 355 g/mol. The Morgan fingerprint density at radius 3 is 2.88 bits per heavy atom. The van der Waals surface area contributed by atoms with E-state index in [0.717, 1.165) is 5.57 Å². The number of carbonyl (C=O) groups is 2. The SMILES string of the molecule is C=C(C)C[C@H]1N(c2cccc(OC)c2)C(=O)[C@H]2[C@H](C(=O)O)[C@H]3C=C[C@]21O3. The van der Waals surface area contributed by atoms with Gasteiger partial charge in [0.1, 0.15) is 17.3 Å².